The van der Waals surface area contributed by atoms with Gasteiger partial charge in [0.25, 0.3) is 10.0 Å². The fraction of sp³-hybridized carbons (Fsp3) is 0.212. The predicted molar refractivity (Wildman–Crippen MR) is 174 cm³/mol. The molecule has 0 aliphatic heterocycles. The molecule has 4 rings (SSSR count). The van der Waals surface area contributed by atoms with E-state index in [4.69, 9.17) is 27.9 Å². The van der Waals surface area contributed by atoms with Gasteiger partial charge in [-0.3, -0.25) is 13.9 Å². The highest BCUT2D eigenvalue weighted by Gasteiger charge is 2.33. The van der Waals surface area contributed by atoms with Crippen molar-refractivity contribution >= 4 is 50.7 Å². The Kier molecular flexibility index (Phi) is 11.3. The van der Waals surface area contributed by atoms with Crippen molar-refractivity contribution in [3.05, 3.63) is 119 Å². The van der Waals surface area contributed by atoms with E-state index in [1.807, 2.05) is 25.1 Å². The average molecular weight is 655 g/mol. The van der Waals surface area contributed by atoms with Crippen LogP contribution in [0.1, 0.15) is 25.8 Å². The summed E-state index contributed by atoms with van der Waals surface area (Å²) < 4.78 is 34.9. The molecule has 0 saturated heterocycles. The molecule has 2 amide bonds. The molecule has 0 aliphatic rings. The molecule has 4 aromatic rings. The minimum absolute atomic E-state index is 0.00634. The summed E-state index contributed by atoms with van der Waals surface area (Å²) in [6, 6.07) is 27.4. The fourth-order valence-electron chi connectivity index (χ4n) is 4.39. The topological polar surface area (TPSA) is 96.0 Å². The van der Waals surface area contributed by atoms with E-state index >= 15 is 0 Å². The van der Waals surface area contributed by atoms with Gasteiger partial charge in [0, 0.05) is 28.7 Å². The van der Waals surface area contributed by atoms with Crippen molar-refractivity contribution in [2.75, 3.05) is 17.4 Å². The summed E-state index contributed by atoms with van der Waals surface area (Å²) in [5.74, 6) is 0.0976. The van der Waals surface area contributed by atoms with Crippen molar-refractivity contribution in [3.63, 3.8) is 0 Å². The van der Waals surface area contributed by atoms with Crippen LogP contribution in [0.3, 0.4) is 0 Å². The lowest BCUT2D eigenvalue weighted by Gasteiger charge is -2.32. The molecule has 0 bridgehead atoms. The highest BCUT2D eigenvalue weighted by Crippen LogP contribution is 2.30. The van der Waals surface area contributed by atoms with Gasteiger partial charge >= 0.3 is 0 Å². The van der Waals surface area contributed by atoms with Crippen molar-refractivity contribution < 1.29 is 22.7 Å². The first-order valence-electron chi connectivity index (χ1n) is 14.0. The first-order chi connectivity index (χ1) is 21.1. The number of hydrogen-bond acceptors (Lipinski definition) is 5. The summed E-state index contributed by atoms with van der Waals surface area (Å²) >= 11 is 12.9. The number of hydrogen-bond donors (Lipinski definition) is 1. The van der Waals surface area contributed by atoms with Crippen LogP contribution < -0.4 is 14.4 Å². The van der Waals surface area contributed by atoms with Gasteiger partial charge in [-0.1, -0.05) is 72.6 Å². The second kappa shape index (κ2) is 15.1. The van der Waals surface area contributed by atoms with Gasteiger partial charge in [-0.05, 0) is 74.0 Å². The largest absolute Gasteiger partial charge is 0.457 e. The molecule has 0 radical (unpaired) electrons. The standard InChI is InChI=1S/C33H33Cl2N3O5S/c1-3-21-36-33(40)24(2)37(22-29-30(34)15-10-16-31(29)35)32(39)23-38(44(41,42)28-13-8-5-9-14-28)25-17-19-27(20-18-25)43-26-11-6-4-7-12-26/h4-20,24H,3,21-23H2,1-2H3,(H,36,40). The van der Waals surface area contributed by atoms with Crippen LogP contribution in [0.15, 0.2) is 108 Å². The van der Waals surface area contributed by atoms with Crippen LogP contribution in [0.4, 0.5) is 5.69 Å². The normalized spacial score (nSPS) is 11.8. The van der Waals surface area contributed by atoms with Gasteiger partial charge in [-0.15, -0.1) is 0 Å². The van der Waals surface area contributed by atoms with E-state index in [0.717, 1.165) is 4.31 Å². The zero-order valence-corrected chi connectivity index (χ0v) is 26.6. The van der Waals surface area contributed by atoms with Gasteiger partial charge in [0.1, 0.15) is 24.1 Å². The van der Waals surface area contributed by atoms with Crippen LogP contribution in [0.25, 0.3) is 0 Å². The van der Waals surface area contributed by atoms with Crippen LogP contribution in [-0.2, 0) is 26.2 Å². The number of anilines is 1. The Morgan fingerprint density at radius 2 is 1.39 bits per heavy atom. The van der Waals surface area contributed by atoms with Crippen LogP contribution in [0, 0.1) is 0 Å². The fourth-order valence-corrected chi connectivity index (χ4v) is 6.34. The molecule has 1 N–H and O–H groups in total. The molecular weight excluding hydrogens is 621 g/mol. The molecule has 230 valence electrons. The highest BCUT2D eigenvalue weighted by atomic mass is 35.5. The molecule has 0 heterocycles. The van der Waals surface area contributed by atoms with Crippen molar-refractivity contribution in [2.24, 2.45) is 0 Å². The van der Waals surface area contributed by atoms with E-state index in [0.29, 0.717) is 40.1 Å². The van der Waals surface area contributed by atoms with E-state index in [1.165, 1.54) is 17.0 Å². The Morgan fingerprint density at radius 3 is 1.98 bits per heavy atom. The number of nitrogens with zero attached hydrogens (tertiary/aromatic N) is 2. The number of amides is 2. The number of carbonyl (C=O) groups excluding carboxylic acids is 2. The summed E-state index contributed by atoms with van der Waals surface area (Å²) in [4.78, 5) is 28.4. The molecule has 4 aromatic carbocycles. The third kappa shape index (κ3) is 8.11. The monoisotopic (exact) mass is 653 g/mol. The van der Waals surface area contributed by atoms with Gasteiger partial charge in [0.05, 0.1) is 10.6 Å². The number of sulfonamides is 1. The smallest absolute Gasteiger partial charge is 0.264 e. The molecule has 44 heavy (non-hydrogen) atoms. The summed E-state index contributed by atoms with van der Waals surface area (Å²) in [6.07, 6.45) is 0.704. The molecule has 0 spiro atoms. The maximum atomic E-state index is 14.1. The molecule has 11 heteroatoms. The second-order valence-corrected chi connectivity index (χ2v) is 12.6. The molecule has 1 unspecified atom stereocenters. The molecule has 8 nitrogen and oxygen atoms in total. The van der Waals surface area contributed by atoms with Crippen LogP contribution >= 0.6 is 23.2 Å². The number of benzene rings is 4. The molecule has 0 saturated carbocycles. The number of ether oxygens (including phenoxy) is 1. The second-order valence-electron chi connectivity index (χ2n) is 9.92. The molecule has 0 aromatic heterocycles. The maximum Gasteiger partial charge on any atom is 0.264 e. The number of rotatable bonds is 13. The molecular formula is C33H33Cl2N3O5S. The van der Waals surface area contributed by atoms with Crippen molar-refractivity contribution in [2.45, 2.75) is 37.8 Å². The zero-order chi connectivity index (χ0) is 31.7. The number of nitrogens with one attached hydrogen (secondary N) is 1. The maximum absolute atomic E-state index is 14.1. The first-order valence-corrected chi connectivity index (χ1v) is 16.2. The Bertz CT molecular complexity index is 1650. The summed E-state index contributed by atoms with van der Waals surface area (Å²) in [6.45, 7) is 3.22. The molecule has 0 fully saturated rings. The van der Waals surface area contributed by atoms with Crippen molar-refractivity contribution in [1.82, 2.24) is 10.2 Å². The number of para-hydroxylation sites is 1. The van der Waals surface area contributed by atoms with Gasteiger partial charge in [0.2, 0.25) is 11.8 Å². The summed E-state index contributed by atoms with van der Waals surface area (Å²) in [5, 5.41) is 3.44. The third-order valence-electron chi connectivity index (χ3n) is 6.82. The van der Waals surface area contributed by atoms with Crippen LogP contribution in [0.2, 0.25) is 10.0 Å². The lowest BCUT2D eigenvalue weighted by molar-refractivity contribution is -0.139. The Balaban J connectivity index is 1.71. The lowest BCUT2D eigenvalue weighted by Crippen LogP contribution is -2.51. The van der Waals surface area contributed by atoms with Crippen LogP contribution in [0.5, 0.6) is 11.5 Å². The SMILES string of the molecule is CCCNC(=O)C(C)N(Cc1c(Cl)cccc1Cl)C(=O)CN(c1ccc(Oc2ccccc2)cc1)S(=O)(=O)c1ccccc1. The van der Waals surface area contributed by atoms with E-state index in [1.54, 1.807) is 79.7 Å². The van der Waals surface area contributed by atoms with Gasteiger partial charge in [0.15, 0.2) is 0 Å². The first kappa shape index (κ1) is 32.9. The zero-order valence-electron chi connectivity index (χ0n) is 24.3. The highest BCUT2D eigenvalue weighted by molar-refractivity contribution is 7.92. The Hall–Kier alpha value is -4.05. The Labute approximate surface area is 268 Å². The third-order valence-corrected chi connectivity index (χ3v) is 9.32. The van der Waals surface area contributed by atoms with E-state index < -0.39 is 28.5 Å². The average Bonchev–Trinajstić information content (AvgIpc) is 3.03. The van der Waals surface area contributed by atoms with Crippen molar-refractivity contribution in [3.8, 4) is 11.5 Å². The van der Waals surface area contributed by atoms with Gasteiger partial charge in [-0.2, -0.15) is 0 Å². The van der Waals surface area contributed by atoms with E-state index in [2.05, 4.69) is 5.32 Å². The summed E-state index contributed by atoms with van der Waals surface area (Å²) in [7, 11) is -4.21. The molecule has 0 aliphatic carbocycles. The minimum atomic E-state index is -4.21. The lowest BCUT2D eigenvalue weighted by atomic mass is 10.1. The predicted octanol–water partition coefficient (Wildman–Crippen LogP) is 6.92. The number of halogens is 2. The summed E-state index contributed by atoms with van der Waals surface area (Å²) in [5.41, 5.74) is 0.681. The van der Waals surface area contributed by atoms with E-state index in [9.17, 15) is 18.0 Å². The van der Waals surface area contributed by atoms with Crippen molar-refractivity contribution in [1.29, 1.82) is 0 Å². The van der Waals surface area contributed by atoms with Crippen LogP contribution in [-0.4, -0.2) is 44.3 Å². The van der Waals surface area contributed by atoms with E-state index in [-0.39, 0.29) is 23.0 Å². The van der Waals surface area contributed by atoms with Gasteiger partial charge < -0.3 is 15.0 Å². The molecule has 1 atom stereocenters. The van der Waals surface area contributed by atoms with Gasteiger partial charge in [-0.25, -0.2) is 8.42 Å². The number of carbonyl (C=O) groups is 2. The Morgan fingerprint density at radius 1 is 0.818 bits per heavy atom. The quantitative estimate of drug-likeness (QED) is 0.169. The minimum Gasteiger partial charge on any atom is -0.457 e.